The van der Waals surface area contributed by atoms with Gasteiger partial charge in [0.2, 0.25) is 0 Å². The number of hydrogen-bond acceptors (Lipinski definition) is 2. The second-order valence-electron chi connectivity index (χ2n) is 1.74. The molecule has 4 nitrogen and oxygen atoms in total. The number of hydrogen-bond donors (Lipinski definition) is 2. The monoisotopic (exact) mass is 130 g/mol. The van der Waals surface area contributed by atoms with E-state index in [2.05, 4.69) is 5.32 Å². The summed E-state index contributed by atoms with van der Waals surface area (Å²) in [5.41, 5.74) is 4.72. The van der Waals surface area contributed by atoms with Gasteiger partial charge in [-0.05, 0) is 6.92 Å². The number of urea groups is 1. The van der Waals surface area contributed by atoms with E-state index in [-0.39, 0.29) is 5.78 Å². The van der Waals surface area contributed by atoms with Crippen LogP contribution in [-0.4, -0.2) is 18.4 Å². The van der Waals surface area contributed by atoms with Crippen LogP contribution in [0, 0.1) is 0 Å². The third-order valence-electron chi connectivity index (χ3n) is 0.776. The quantitative estimate of drug-likeness (QED) is 0.547. The molecular weight excluding hydrogens is 120 g/mol. The molecule has 0 aliphatic heterocycles. The molecule has 2 amide bonds. The molecule has 0 aliphatic rings. The molecule has 3 N–H and O–H groups in total. The molecule has 0 spiro atoms. The van der Waals surface area contributed by atoms with Gasteiger partial charge in [-0.15, -0.1) is 0 Å². The highest BCUT2D eigenvalue weighted by Gasteiger charge is 1.93. The minimum Gasteiger partial charge on any atom is -0.352 e. The van der Waals surface area contributed by atoms with Crippen molar-refractivity contribution in [3.05, 3.63) is 0 Å². The molecule has 0 aliphatic carbocycles. The summed E-state index contributed by atoms with van der Waals surface area (Å²) in [4.78, 5) is 20.2. The molecule has 52 valence electrons. The Morgan fingerprint density at radius 3 is 2.44 bits per heavy atom. The van der Waals surface area contributed by atoms with E-state index >= 15 is 0 Å². The Labute approximate surface area is 53.4 Å². The van der Waals surface area contributed by atoms with Crippen LogP contribution in [-0.2, 0) is 4.79 Å². The summed E-state index contributed by atoms with van der Waals surface area (Å²) in [5, 5.41) is 2.29. The van der Waals surface area contributed by atoms with Gasteiger partial charge in [0, 0.05) is 13.0 Å². The van der Waals surface area contributed by atoms with Gasteiger partial charge in [0.15, 0.2) is 0 Å². The van der Waals surface area contributed by atoms with Crippen molar-refractivity contribution in [2.45, 2.75) is 13.3 Å². The van der Waals surface area contributed by atoms with Crippen LogP contribution in [0.2, 0.25) is 0 Å². The lowest BCUT2D eigenvalue weighted by Gasteiger charge is -1.95. The van der Waals surface area contributed by atoms with E-state index in [1.807, 2.05) is 0 Å². The number of carbonyl (C=O) groups is 2. The Morgan fingerprint density at radius 2 is 2.11 bits per heavy atom. The molecule has 4 heteroatoms. The molecular formula is C5H10N2O2. The Hall–Kier alpha value is -1.06. The number of Topliss-reactive ketones (excluding diaryl/α,β-unsaturated/α-hetero) is 1. The predicted molar refractivity (Wildman–Crippen MR) is 32.9 cm³/mol. The van der Waals surface area contributed by atoms with E-state index in [0.717, 1.165) is 0 Å². The SMILES string of the molecule is CC(=O)CCNC(N)=O. The lowest BCUT2D eigenvalue weighted by molar-refractivity contribution is -0.116. The Balaban J connectivity index is 3.10. The van der Waals surface area contributed by atoms with Gasteiger partial charge in [0.05, 0.1) is 0 Å². The zero-order valence-corrected chi connectivity index (χ0v) is 5.31. The average Bonchev–Trinajstić information content (AvgIpc) is 1.63. The third kappa shape index (κ3) is 6.94. The summed E-state index contributed by atoms with van der Waals surface area (Å²) < 4.78 is 0. The minimum atomic E-state index is -0.587. The van der Waals surface area contributed by atoms with Crippen molar-refractivity contribution in [1.29, 1.82) is 0 Å². The predicted octanol–water partition coefficient (Wildman–Crippen LogP) is -0.366. The van der Waals surface area contributed by atoms with Crippen molar-refractivity contribution in [3.63, 3.8) is 0 Å². The Morgan fingerprint density at radius 1 is 1.56 bits per heavy atom. The number of rotatable bonds is 3. The summed E-state index contributed by atoms with van der Waals surface area (Å²) in [6, 6.07) is -0.587. The number of amides is 2. The molecule has 9 heavy (non-hydrogen) atoms. The molecule has 0 aromatic rings. The number of ketones is 1. The molecule has 0 bridgehead atoms. The van der Waals surface area contributed by atoms with Crippen LogP contribution in [0.5, 0.6) is 0 Å². The van der Waals surface area contributed by atoms with Crippen LogP contribution in [0.1, 0.15) is 13.3 Å². The first-order valence-corrected chi connectivity index (χ1v) is 2.65. The summed E-state index contributed by atoms with van der Waals surface area (Å²) in [6.45, 7) is 1.80. The van der Waals surface area contributed by atoms with Gasteiger partial charge in [-0.3, -0.25) is 4.79 Å². The van der Waals surface area contributed by atoms with Crippen LogP contribution in [0.25, 0.3) is 0 Å². The van der Waals surface area contributed by atoms with Crippen molar-refractivity contribution >= 4 is 11.8 Å². The Kier molecular flexibility index (Phi) is 3.43. The highest BCUT2D eigenvalue weighted by atomic mass is 16.2. The van der Waals surface area contributed by atoms with Crippen molar-refractivity contribution in [1.82, 2.24) is 5.32 Å². The van der Waals surface area contributed by atoms with Crippen LogP contribution in [0.4, 0.5) is 4.79 Å². The number of nitrogens with two attached hydrogens (primary N) is 1. The summed E-state index contributed by atoms with van der Waals surface area (Å²) in [5.74, 6) is 0.0451. The first-order chi connectivity index (χ1) is 4.13. The molecule has 0 saturated heterocycles. The smallest absolute Gasteiger partial charge is 0.312 e. The van der Waals surface area contributed by atoms with E-state index in [1.165, 1.54) is 6.92 Å². The van der Waals surface area contributed by atoms with E-state index in [1.54, 1.807) is 0 Å². The standard InChI is InChI=1S/C5H10N2O2/c1-4(8)2-3-7-5(6)9/h2-3H2,1H3,(H3,6,7,9). The van der Waals surface area contributed by atoms with Gasteiger partial charge >= 0.3 is 6.03 Å². The number of nitrogens with one attached hydrogen (secondary N) is 1. The largest absolute Gasteiger partial charge is 0.352 e. The van der Waals surface area contributed by atoms with E-state index in [0.29, 0.717) is 13.0 Å². The zero-order valence-electron chi connectivity index (χ0n) is 5.31. The third-order valence-corrected chi connectivity index (χ3v) is 0.776. The molecule has 0 aromatic carbocycles. The van der Waals surface area contributed by atoms with Crippen molar-refractivity contribution in [3.8, 4) is 0 Å². The van der Waals surface area contributed by atoms with Crippen LogP contribution in [0.3, 0.4) is 0 Å². The maximum absolute atomic E-state index is 10.2. The number of primary amides is 1. The normalized spacial score (nSPS) is 8.56. The van der Waals surface area contributed by atoms with Crippen LogP contribution < -0.4 is 11.1 Å². The van der Waals surface area contributed by atoms with Crippen molar-refractivity contribution < 1.29 is 9.59 Å². The first kappa shape index (κ1) is 7.94. The summed E-state index contributed by atoms with van der Waals surface area (Å²) >= 11 is 0. The van der Waals surface area contributed by atoms with Gasteiger partial charge < -0.3 is 11.1 Å². The lowest BCUT2D eigenvalue weighted by Crippen LogP contribution is -2.30. The number of carbonyl (C=O) groups excluding carboxylic acids is 2. The van der Waals surface area contributed by atoms with E-state index in [9.17, 15) is 9.59 Å². The van der Waals surface area contributed by atoms with Crippen LogP contribution >= 0.6 is 0 Å². The molecule has 0 fully saturated rings. The molecule has 0 unspecified atom stereocenters. The second kappa shape index (κ2) is 3.88. The second-order valence-corrected chi connectivity index (χ2v) is 1.74. The fourth-order valence-corrected chi connectivity index (χ4v) is 0.362. The fraction of sp³-hybridized carbons (Fsp3) is 0.600. The van der Waals surface area contributed by atoms with Gasteiger partial charge in [0.25, 0.3) is 0 Å². The summed E-state index contributed by atoms with van der Waals surface area (Å²) in [7, 11) is 0. The maximum Gasteiger partial charge on any atom is 0.312 e. The molecule has 0 rings (SSSR count). The topological polar surface area (TPSA) is 72.2 Å². The van der Waals surface area contributed by atoms with E-state index < -0.39 is 6.03 Å². The van der Waals surface area contributed by atoms with Crippen molar-refractivity contribution in [2.75, 3.05) is 6.54 Å². The molecule has 0 radical (unpaired) electrons. The maximum atomic E-state index is 10.2. The van der Waals surface area contributed by atoms with Crippen molar-refractivity contribution in [2.24, 2.45) is 5.73 Å². The highest BCUT2D eigenvalue weighted by Crippen LogP contribution is 1.76. The summed E-state index contributed by atoms with van der Waals surface area (Å²) in [6.07, 6.45) is 0.350. The molecule has 0 atom stereocenters. The zero-order chi connectivity index (χ0) is 7.28. The van der Waals surface area contributed by atoms with Gasteiger partial charge in [0.1, 0.15) is 5.78 Å². The average molecular weight is 130 g/mol. The molecule has 0 heterocycles. The molecule has 0 aromatic heterocycles. The van der Waals surface area contributed by atoms with Gasteiger partial charge in [-0.1, -0.05) is 0 Å². The lowest BCUT2D eigenvalue weighted by atomic mass is 10.3. The van der Waals surface area contributed by atoms with E-state index in [4.69, 9.17) is 5.73 Å². The van der Waals surface area contributed by atoms with Gasteiger partial charge in [-0.25, -0.2) is 4.79 Å². The molecule has 0 saturated carbocycles. The Bertz CT molecular complexity index is 108. The fourth-order valence-electron chi connectivity index (χ4n) is 0.362. The highest BCUT2D eigenvalue weighted by molar-refractivity contribution is 5.77. The van der Waals surface area contributed by atoms with Crippen LogP contribution in [0.15, 0.2) is 0 Å². The van der Waals surface area contributed by atoms with Gasteiger partial charge in [-0.2, -0.15) is 0 Å². The first-order valence-electron chi connectivity index (χ1n) is 2.65. The minimum absolute atomic E-state index is 0.0451.